The zero-order valence-electron chi connectivity index (χ0n) is 15.8. The number of esters is 1. The predicted molar refractivity (Wildman–Crippen MR) is 110 cm³/mol. The highest BCUT2D eigenvalue weighted by atomic mass is 79.9. The Morgan fingerprint density at radius 1 is 1.30 bits per heavy atom. The largest absolute Gasteiger partial charge is 0.462 e. The van der Waals surface area contributed by atoms with Crippen molar-refractivity contribution in [3.8, 4) is 0 Å². The van der Waals surface area contributed by atoms with Gasteiger partial charge in [0.15, 0.2) is 0 Å². The minimum atomic E-state index is -0.428. The zero-order chi connectivity index (χ0) is 19.9. The molecular weight excluding hydrogens is 430 g/mol. The van der Waals surface area contributed by atoms with Gasteiger partial charge in [0.05, 0.1) is 17.9 Å². The van der Waals surface area contributed by atoms with Crippen LogP contribution in [0, 0.1) is 27.7 Å². The van der Waals surface area contributed by atoms with Crippen molar-refractivity contribution in [3.05, 3.63) is 49.7 Å². The van der Waals surface area contributed by atoms with E-state index in [0.29, 0.717) is 22.0 Å². The van der Waals surface area contributed by atoms with Crippen molar-refractivity contribution in [1.29, 1.82) is 0 Å². The smallest absolute Gasteiger partial charge is 0.341 e. The minimum Gasteiger partial charge on any atom is -0.462 e. The lowest BCUT2D eigenvalue weighted by Crippen LogP contribution is -2.17. The van der Waals surface area contributed by atoms with E-state index >= 15 is 0 Å². The second kappa shape index (κ2) is 7.44. The number of nitrogens with zero attached hydrogens (tertiary/aromatic N) is 2. The molecule has 27 heavy (non-hydrogen) atoms. The SMILES string of the molecule is CCOC(=O)c1c(NC(=O)c2c(C)nc3c(C)cc(Br)cn23)sc(C)c1C. The predicted octanol–water partition coefficient (Wildman–Crippen LogP) is 4.82. The third kappa shape index (κ3) is 3.51. The summed E-state index contributed by atoms with van der Waals surface area (Å²) in [4.78, 5) is 30.9. The molecule has 8 heteroatoms. The van der Waals surface area contributed by atoms with Crippen molar-refractivity contribution in [2.45, 2.75) is 34.6 Å². The van der Waals surface area contributed by atoms with Gasteiger partial charge in [-0.15, -0.1) is 11.3 Å². The molecule has 0 saturated heterocycles. The summed E-state index contributed by atoms with van der Waals surface area (Å²) in [7, 11) is 0. The average molecular weight is 450 g/mol. The topological polar surface area (TPSA) is 72.7 Å². The molecule has 3 aromatic rings. The summed E-state index contributed by atoms with van der Waals surface area (Å²) in [6.45, 7) is 9.55. The number of rotatable bonds is 4. The van der Waals surface area contributed by atoms with E-state index in [1.165, 1.54) is 11.3 Å². The summed E-state index contributed by atoms with van der Waals surface area (Å²) in [5.74, 6) is -0.743. The Balaban J connectivity index is 2.05. The number of nitrogens with one attached hydrogen (secondary N) is 1. The van der Waals surface area contributed by atoms with E-state index < -0.39 is 5.97 Å². The lowest BCUT2D eigenvalue weighted by Gasteiger charge is -2.08. The van der Waals surface area contributed by atoms with Gasteiger partial charge in [-0.1, -0.05) is 0 Å². The van der Waals surface area contributed by atoms with Crippen LogP contribution >= 0.6 is 27.3 Å². The van der Waals surface area contributed by atoms with Gasteiger partial charge in [0.2, 0.25) is 0 Å². The number of aryl methyl sites for hydroxylation is 3. The first kappa shape index (κ1) is 19.6. The van der Waals surface area contributed by atoms with Crippen LogP contribution in [0.3, 0.4) is 0 Å². The fraction of sp³-hybridized carbons (Fsp3) is 0.316. The maximum Gasteiger partial charge on any atom is 0.341 e. The van der Waals surface area contributed by atoms with E-state index in [-0.39, 0.29) is 12.5 Å². The number of thiophene rings is 1. The number of ether oxygens (including phenoxy) is 1. The van der Waals surface area contributed by atoms with Crippen molar-refractivity contribution in [2.24, 2.45) is 0 Å². The van der Waals surface area contributed by atoms with Crippen molar-refractivity contribution in [1.82, 2.24) is 9.38 Å². The van der Waals surface area contributed by atoms with E-state index in [4.69, 9.17) is 4.74 Å². The van der Waals surface area contributed by atoms with Crippen LogP contribution in [0.1, 0.15) is 49.5 Å². The van der Waals surface area contributed by atoms with Gasteiger partial charge in [-0.2, -0.15) is 0 Å². The molecule has 0 fully saturated rings. The first-order chi connectivity index (χ1) is 12.7. The highest BCUT2D eigenvalue weighted by molar-refractivity contribution is 9.10. The van der Waals surface area contributed by atoms with Crippen LogP contribution in [-0.4, -0.2) is 27.9 Å². The Kier molecular flexibility index (Phi) is 5.39. The molecule has 0 atom stereocenters. The Hall–Kier alpha value is -2.19. The number of imidazole rings is 1. The molecule has 6 nitrogen and oxygen atoms in total. The van der Waals surface area contributed by atoms with Crippen LogP contribution in [0.5, 0.6) is 0 Å². The Bertz CT molecular complexity index is 1070. The summed E-state index contributed by atoms with van der Waals surface area (Å²) in [5.41, 5.74) is 3.98. The molecule has 1 N–H and O–H groups in total. The fourth-order valence-corrected chi connectivity index (χ4v) is 4.57. The number of fused-ring (bicyclic) bond motifs is 1. The molecule has 0 bridgehead atoms. The maximum atomic E-state index is 13.1. The lowest BCUT2D eigenvalue weighted by atomic mass is 10.1. The highest BCUT2D eigenvalue weighted by Gasteiger charge is 2.25. The van der Waals surface area contributed by atoms with E-state index in [0.717, 1.165) is 26.1 Å². The molecule has 3 heterocycles. The number of hydrogen-bond acceptors (Lipinski definition) is 5. The zero-order valence-corrected chi connectivity index (χ0v) is 18.2. The molecular formula is C19H20BrN3O3S. The van der Waals surface area contributed by atoms with Gasteiger partial charge in [-0.05, 0) is 67.7 Å². The van der Waals surface area contributed by atoms with Gasteiger partial charge in [0.25, 0.3) is 5.91 Å². The first-order valence-electron chi connectivity index (χ1n) is 8.47. The van der Waals surface area contributed by atoms with Gasteiger partial charge in [0, 0.05) is 15.5 Å². The van der Waals surface area contributed by atoms with Crippen molar-refractivity contribution in [2.75, 3.05) is 11.9 Å². The molecule has 0 spiro atoms. The Morgan fingerprint density at radius 3 is 2.67 bits per heavy atom. The number of hydrogen-bond donors (Lipinski definition) is 1. The van der Waals surface area contributed by atoms with Gasteiger partial charge in [0.1, 0.15) is 16.3 Å². The van der Waals surface area contributed by atoms with Crippen LogP contribution in [0.2, 0.25) is 0 Å². The molecule has 0 radical (unpaired) electrons. The van der Waals surface area contributed by atoms with Crippen molar-refractivity contribution in [3.63, 3.8) is 0 Å². The number of pyridine rings is 1. The number of anilines is 1. The van der Waals surface area contributed by atoms with Crippen LogP contribution < -0.4 is 5.32 Å². The lowest BCUT2D eigenvalue weighted by molar-refractivity contribution is 0.0527. The number of carbonyl (C=O) groups is 2. The summed E-state index contributed by atoms with van der Waals surface area (Å²) in [6.07, 6.45) is 1.81. The number of amides is 1. The van der Waals surface area contributed by atoms with Gasteiger partial charge in [-0.25, -0.2) is 9.78 Å². The van der Waals surface area contributed by atoms with Gasteiger partial charge >= 0.3 is 5.97 Å². The number of halogens is 1. The normalized spacial score (nSPS) is 11.0. The van der Waals surface area contributed by atoms with Crippen molar-refractivity contribution < 1.29 is 14.3 Å². The second-order valence-corrected chi connectivity index (χ2v) is 8.38. The van der Waals surface area contributed by atoms with Crippen LogP contribution in [0.15, 0.2) is 16.7 Å². The Labute approximate surface area is 169 Å². The number of carbonyl (C=O) groups excluding carboxylic acids is 2. The van der Waals surface area contributed by atoms with E-state index in [9.17, 15) is 9.59 Å². The monoisotopic (exact) mass is 449 g/mol. The average Bonchev–Trinajstić information content (AvgIpc) is 3.04. The highest BCUT2D eigenvalue weighted by Crippen LogP contribution is 2.33. The summed E-state index contributed by atoms with van der Waals surface area (Å²) in [5, 5.41) is 3.38. The summed E-state index contributed by atoms with van der Waals surface area (Å²) >= 11 is 4.83. The minimum absolute atomic E-state index is 0.278. The van der Waals surface area contributed by atoms with Crippen LogP contribution in [0.25, 0.3) is 5.65 Å². The van der Waals surface area contributed by atoms with Gasteiger partial charge < -0.3 is 10.1 Å². The first-order valence-corrected chi connectivity index (χ1v) is 10.1. The maximum absolute atomic E-state index is 13.1. The molecule has 0 unspecified atom stereocenters. The molecule has 0 aliphatic rings. The Morgan fingerprint density at radius 2 is 2.00 bits per heavy atom. The summed E-state index contributed by atoms with van der Waals surface area (Å²) < 4.78 is 7.77. The summed E-state index contributed by atoms with van der Waals surface area (Å²) in [6, 6.07) is 1.95. The van der Waals surface area contributed by atoms with Crippen LogP contribution in [-0.2, 0) is 4.74 Å². The van der Waals surface area contributed by atoms with E-state index in [2.05, 4.69) is 26.2 Å². The molecule has 1 amide bonds. The fourth-order valence-electron chi connectivity index (χ4n) is 2.98. The number of aromatic nitrogens is 2. The third-order valence-electron chi connectivity index (χ3n) is 4.35. The van der Waals surface area contributed by atoms with E-state index in [1.54, 1.807) is 18.2 Å². The molecule has 0 saturated carbocycles. The quantitative estimate of drug-likeness (QED) is 0.579. The van der Waals surface area contributed by atoms with E-state index in [1.807, 2.05) is 33.0 Å². The second-order valence-electron chi connectivity index (χ2n) is 6.24. The molecule has 0 aromatic carbocycles. The molecule has 0 aliphatic carbocycles. The van der Waals surface area contributed by atoms with Crippen molar-refractivity contribution >= 4 is 49.8 Å². The molecule has 142 valence electrons. The third-order valence-corrected chi connectivity index (χ3v) is 5.91. The van der Waals surface area contributed by atoms with Gasteiger partial charge in [-0.3, -0.25) is 9.20 Å². The molecule has 3 rings (SSSR count). The van der Waals surface area contributed by atoms with Crippen LogP contribution in [0.4, 0.5) is 5.00 Å². The standard InChI is InChI=1S/C19H20BrN3O3S/c1-6-26-19(25)14-10(3)12(5)27-18(14)22-17(24)15-11(4)21-16-9(2)7-13(20)8-23(15)16/h7-8H,6H2,1-5H3,(H,22,24). The molecule has 3 aromatic heterocycles. The molecule has 0 aliphatic heterocycles.